The van der Waals surface area contributed by atoms with E-state index in [0.29, 0.717) is 0 Å². The second-order valence-corrected chi connectivity index (χ2v) is 5.93. The van der Waals surface area contributed by atoms with Crippen molar-refractivity contribution in [3.8, 4) is 0 Å². The first-order valence-corrected chi connectivity index (χ1v) is 7.96. The van der Waals surface area contributed by atoms with Crippen LogP contribution in [0.1, 0.15) is 56.0 Å². The van der Waals surface area contributed by atoms with E-state index in [4.69, 9.17) is 0 Å². The summed E-state index contributed by atoms with van der Waals surface area (Å²) in [5.74, 6) is 0.917. The number of aromatic nitrogens is 2. The Labute approximate surface area is 117 Å². The van der Waals surface area contributed by atoms with E-state index < -0.39 is 0 Å². The van der Waals surface area contributed by atoms with Crippen LogP contribution in [0.4, 0.5) is 0 Å². The number of hydrogen-bond donors (Lipinski definition) is 1. The van der Waals surface area contributed by atoms with Gasteiger partial charge in [0.1, 0.15) is 0 Å². The summed E-state index contributed by atoms with van der Waals surface area (Å²) in [5.41, 5.74) is 3.97. The third-order valence-corrected chi connectivity index (χ3v) is 4.54. The molecule has 108 valence electrons. The quantitative estimate of drug-likeness (QED) is 0.799. The zero-order chi connectivity index (χ0) is 13.7. The van der Waals surface area contributed by atoms with Crippen molar-refractivity contribution in [1.82, 2.24) is 15.1 Å². The maximum atomic E-state index is 4.64. The maximum Gasteiger partial charge on any atom is 0.0628 e. The molecule has 19 heavy (non-hydrogen) atoms. The van der Waals surface area contributed by atoms with Gasteiger partial charge in [-0.2, -0.15) is 5.10 Å². The molecule has 1 N–H and O–H groups in total. The zero-order valence-corrected chi connectivity index (χ0v) is 12.8. The molecule has 0 saturated heterocycles. The third kappa shape index (κ3) is 3.82. The molecule has 0 amide bonds. The highest BCUT2D eigenvalue weighted by Crippen LogP contribution is 2.22. The van der Waals surface area contributed by atoms with Gasteiger partial charge in [-0.25, -0.2) is 0 Å². The van der Waals surface area contributed by atoms with E-state index in [1.54, 1.807) is 0 Å². The van der Waals surface area contributed by atoms with Crippen LogP contribution in [-0.2, 0) is 13.0 Å². The standard InChI is InChI=1S/C16H29N3/c1-4-16-13(2)18-19(14(16)3)11-10-17-12-15-8-6-5-7-9-15/h15,17H,4-12H2,1-3H3. The van der Waals surface area contributed by atoms with Gasteiger partial charge in [0.25, 0.3) is 0 Å². The summed E-state index contributed by atoms with van der Waals surface area (Å²) in [6.07, 6.45) is 8.25. The van der Waals surface area contributed by atoms with Crippen molar-refractivity contribution in [2.75, 3.05) is 13.1 Å². The minimum atomic E-state index is 0.917. The molecule has 1 aliphatic carbocycles. The minimum absolute atomic E-state index is 0.917. The van der Waals surface area contributed by atoms with Crippen LogP contribution in [0.5, 0.6) is 0 Å². The van der Waals surface area contributed by atoms with E-state index in [0.717, 1.165) is 25.4 Å². The Hall–Kier alpha value is -0.830. The van der Waals surface area contributed by atoms with Crippen LogP contribution in [0, 0.1) is 19.8 Å². The minimum Gasteiger partial charge on any atom is -0.315 e. The number of nitrogens with zero attached hydrogens (tertiary/aromatic N) is 2. The molecule has 1 saturated carbocycles. The molecule has 1 aromatic heterocycles. The highest BCUT2D eigenvalue weighted by atomic mass is 15.3. The van der Waals surface area contributed by atoms with E-state index in [-0.39, 0.29) is 0 Å². The van der Waals surface area contributed by atoms with Crippen molar-refractivity contribution in [2.24, 2.45) is 5.92 Å². The van der Waals surface area contributed by atoms with Crippen molar-refractivity contribution >= 4 is 0 Å². The smallest absolute Gasteiger partial charge is 0.0628 e. The van der Waals surface area contributed by atoms with E-state index in [1.807, 2.05) is 0 Å². The molecular weight excluding hydrogens is 234 g/mol. The summed E-state index contributed by atoms with van der Waals surface area (Å²) in [6, 6.07) is 0. The number of nitrogens with one attached hydrogen (secondary N) is 1. The molecular formula is C16H29N3. The summed E-state index contributed by atoms with van der Waals surface area (Å²) >= 11 is 0. The summed E-state index contributed by atoms with van der Waals surface area (Å²) in [6.45, 7) is 9.77. The molecule has 3 heteroatoms. The molecule has 1 fully saturated rings. The van der Waals surface area contributed by atoms with Crippen molar-refractivity contribution in [2.45, 2.75) is 65.8 Å². The predicted molar refractivity (Wildman–Crippen MR) is 80.5 cm³/mol. The van der Waals surface area contributed by atoms with E-state index in [9.17, 15) is 0 Å². The topological polar surface area (TPSA) is 29.9 Å². The van der Waals surface area contributed by atoms with E-state index in [1.165, 1.54) is 55.6 Å². The van der Waals surface area contributed by atoms with Gasteiger partial charge in [0.2, 0.25) is 0 Å². The zero-order valence-electron chi connectivity index (χ0n) is 12.8. The van der Waals surface area contributed by atoms with E-state index >= 15 is 0 Å². The van der Waals surface area contributed by atoms with Gasteiger partial charge in [-0.15, -0.1) is 0 Å². The van der Waals surface area contributed by atoms with Gasteiger partial charge in [-0.3, -0.25) is 4.68 Å². The Morgan fingerprint density at radius 1 is 1.21 bits per heavy atom. The Kier molecular flexibility index (Phi) is 5.44. The van der Waals surface area contributed by atoms with Crippen molar-refractivity contribution in [1.29, 1.82) is 0 Å². The highest BCUT2D eigenvalue weighted by molar-refractivity contribution is 5.24. The van der Waals surface area contributed by atoms with Crippen LogP contribution >= 0.6 is 0 Å². The average Bonchev–Trinajstić information content (AvgIpc) is 2.70. The van der Waals surface area contributed by atoms with Crippen molar-refractivity contribution in [3.05, 3.63) is 17.0 Å². The summed E-state index contributed by atoms with van der Waals surface area (Å²) in [4.78, 5) is 0. The van der Waals surface area contributed by atoms with Crippen LogP contribution in [-0.4, -0.2) is 22.9 Å². The Balaban J connectivity index is 1.73. The molecule has 0 spiro atoms. The molecule has 0 radical (unpaired) electrons. The summed E-state index contributed by atoms with van der Waals surface area (Å²) in [7, 11) is 0. The molecule has 0 bridgehead atoms. The molecule has 1 aliphatic rings. The summed E-state index contributed by atoms with van der Waals surface area (Å²) < 4.78 is 2.17. The lowest BCUT2D eigenvalue weighted by molar-refractivity contribution is 0.339. The van der Waals surface area contributed by atoms with Crippen LogP contribution < -0.4 is 5.32 Å². The van der Waals surface area contributed by atoms with Gasteiger partial charge in [0.05, 0.1) is 12.2 Å². The first kappa shape index (κ1) is 14.6. The molecule has 0 aliphatic heterocycles. The second-order valence-electron chi connectivity index (χ2n) is 5.93. The lowest BCUT2D eigenvalue weighted by atomic mass is 9.89. The van der Waals surface area contributed by atoms with Gasteiger partial charge in [-0.05, 0) is 51.1 Å². The summed E-state index contributed by atoms with van der Waals surface area (Å²) in [5, 5.41) is 8.26. The molecule has 0 atom stereocenters. The van der Waals surface area contributed by atoms with Crippen LogP contribution in [0.25, 0.3) is 0 Å². The first-order valence-electron chi connectivity index (χ1n) is 7.96. The fraction of sp³-hybridized carbons (Fsp3) is 0.812. The van der Waals surface area contributed by atoms with Gasteiger partial charge < -0.3 is 5.32 Å². The lowest BCUT2D eigenvalue weighted by Gasteiger charge is -2.21. The average molecular weight is 263 g/mol. The molecule has 1 aromatic rings. The molecule has 2 rings (SSSR count). The molecule has 3 nitrogen and oxygen atoms in total. The molecule has 1 heterocycles. The SMILES string of the molecule is CCc1c(C)nn(CCNCC2CCCCC2)c1C. The number of rotatable bonds is 6. The Morgan fingerprint density at radius 3 is 2.58 bits per heavy atom. The fourth-order valence-corrected chi connectivity index (χ4v) is 3.35. The van der Waals surface area contributed by atoms with Crippen molar-refractivity contribution < 1.29 is 0 Å². The predicted octanol–water partition coefficient (Wildman–Crippen LogP) is 3.23. The van der Waals surface area contributed by atoms with Crippen LogP contribution in [0.2, 0.25) is 0 Å². The van der Waals surface area contributed by atoms with Crippen LogP contribution in [0.3, 0.4) is 0 Å². The number of aryl methyl sites for hydroxylation is 1. The Bertz CT molecular complexity index is 389. The monoisotopic (exact) mass is 263 g/mol. The lowest BCUT2D eigenvalue weighted by Crippen LogP contribution is -2.28. The molecule has 0 unspecified atom stereocenters. The largest absolute Gasteiger partial charge is 0.315 e. The van der Waals surface area contributed by atoms with Crippen LogP contribution in [0.15, 0.2) is 0 Å². The first-order chi connectivity index (χ1) is 9.22. The highest BCUT2D eigenvalue weighted by Gasteiger charge is 2.13. The van der Waals surface area contributed by atoms with Gasteiger partial charge in [-0.1, -0.05) is 26.2 Å². The Morgan fingerprint density at radius 2 is 1.95 bits per heavy atom. The van der Waals surface area contributed by atoms with Gasteiger partial charge >= 0.3 is 0 Å². The van der Waals surface area contributed by atoms with E-state index in [2.05, 4.69) is 35.9 Å². The third-order valence-electron chi connectivity index (χ3n) is 4.54. The normalized spacial score (nSPS) is 17.0. The second kappa shape index (κ2) is 7.09. The maximum absolute atomic E-state index is 4.64. The van der Waals surface area contributed by atoms with Gasteiger partial charge in [0.15, 0.2) is 0 Å². The van der Waals surface area contributed by atoms with Gasteiger partial charge in [0, 0.05) is 12.2 Å². The van der Waals surface area contributed by atoms with Crippen molar-refractivity contribution in [3.63, 3.8) is 0 Å². The number of hydrogen-bond acceptors (Lipinski definition) is 2. The molecule has 0 aromatic carbocycles. The fourth-order valence-electron chi connectivity index (χ4n) is 3.35.